The Kier molecular flexibility index (Phi) is 3.96. The van der Waals surface area contributed by atoms with Gasteiger partial charge in [0, 0.05) is 18.1 Å². The van der Waals surface area contributed by atoms with Crippen LogP contribution < -0.4 is 10.1 Å². The van der Waals surface area contributed by atoms with Crippen molar-refractivity contribution in [1.82, 2.24) is 10.2 Å². The Morgan fingerprint density at radius 1 is 1.36 bits per heavy atom. The summed E-state index contributed by atoms with van der Waals surface area (Å²) in [5.74, 6) is 0.535. The van der Waals surface area contributed by atoms with Crippen LogP contribution in [-0.2, 0) is 4.79 Å². The zero-order valence-corrected chi connectivity index (χ0v) is 12.2. The Morgan fingerprint density at radius 2 is 2.09 bits per heavy atom. The van der Waals surface area contributed by atoms with Crippen molar-refractivity contribution >= 4 is 28.1 Å². The molecule has 1 fully saturated rings. The number of nitro groups is 1. The van der Waals surface area contributed by atoms with E-state index in [0.717, 1.165) is 17.8 Å². The van der Waals surface area contributed by atoms with Crippen molar-refractivity contribution in [2.75, 3.05) is 11.9 Å². The zero-order valence-electron chi connectivity index (χ0n) is 11.4. The Hall–Kier alpha value is -2.55. The molecule has 1 aromatic carbocycles. The summed E-state index contributed by atoms with van der Waals surface area (Å²) in [6.45, 7) is -0.198. The summed E-state index contributed by atoms with van der Waals surface area (Å²) in [7, 11) is 0. The van der Waals surface area contributed by atoms with Crippen LogP contribution in [0.25, 0.3) is 0 Å². The van der Waals surface area contributed by atoms with Gasteiger partial charge in [0.05, 0.1) is 4.92 Å². The van der Waals surface area contributed by atoms with E-state index in [-0.39, 0.29) is 18.2 Å². The molecule has 0 unspecified atom stereocenters. The van der Waals surface area contributed by atoms with Gasteiger partial charge in [-0.25, -0.2) is 0 Å². The molecule has 1 N–H and O–H groups in total. The molecule has 0 radical (unpaired) electrons. The van der Waals surface area contributed by atoms with Crippen molar-refractivity contribution in [2.24, 2.45) is 0 Å². The number of anilines is 1. The Bertz CT molecular complexity index is 696. The number of carbonyl (C=O) groups excluding carboxylic acids is 1. The molecule has 3 rings (SSSR count). The van der Waals surface area contributed by atoms with Crippen LogP contribution in [0.1, 0.15) is 23.8 Å². The van der Waals surface area contributed by atoms with Gasteiger partial charge in [0.1, 0.15) is 10.8 Å². The summed E-state index contributed by atoms with van der Waals surface area (Å²) >= 11 is 1.37. The smallest absolute Gasteiger partial charge is 0.269 e. The molecular weight excluding hydrogens is 308 g/mol. The second kappa shape index (κ2) is 6.06. The summed E-state index contributed by atoms with van der Waals surface area (Å²) in [6, 6.07) is 5.53. The lowest BCUT2D eigenvalue weighted by molar-refractivity contribution is -0.384. The van der Waals surface area contributed by atoms with Gasteiger partial charge in [-0.15, -0.1) is 10.2 Å². The maximum atomic E-state index is 11.8. The topological polar surface area (TPSA) is 107 Å². The maximum Gasteiger partial charge on any atom is 0.269 e. The van der Waals surface area contributed by atoms with E-state index in [1.54, 1.807) is 0 Å². The van der Waals surface area contributed by atoms with Crippen LogP contribution in [0.2, 0.25) is 0 Å². The summed E-state index contributed by atoms with van der Waals surface area (Å²) in [6.07, 6.45) is 2.26. The van der Waals surface area contributed by atoms with Crippen LogP contribution in [0.4, 0.5) is 10.8 Å². The van der Waals surface area contributed by atoms with Crippen LogP contribution in [0.3, 0.4) is 0 Å². The molecule has 114 valence electrons. The van der Waals surface area contributed by atoms with Gasteiger partial charge < -0.3 is 4.74 Å². The summed E-state index contributed by atoms with van der Waals surface area (Å²) in [5.41, 5.74) is -0.0294. The van der Waals surface area contributed by atoms with Crippen molar-refractivity contribution in [3.8, 4) is 5.75 Å². The number of hydrogen-bond donors (Lipinski definition) is 1. The molecule has 22 heavy (non-hydrogen) atoms. The lowest BCUT2D eigenvalue weighted by Crippen LogP contribution is -2.20. The summed E-state index contributed by atoms with van der Waals surface area (Å²) in [4.78, 5) is 21.8. The third kappa shape index (κ3) is 3.55. The van der Waals surface area contributed by atoms with Gasteiger partial charge in [-0.3, -0.25) is 20.2 Å². The van der Waals surface area contributed by atoms with Gasteiger partial charge in [0.2, 0.25) is 5.13 Å². The molecule has 0 atom stereocenters. The first-order valence-corrected chi connectivity index (χ1v) is 7.44. The Balaban J connectivity index is 1.49. The van der Waals surface area contributed by atoms with Gasteiger partial charge >= 0.3 is 0 Å². The number of amides is 1. The molecule has 0 bridgehead atoms. The Labute approximate surface area is 129 Å². The minimum Gasteiger partial charge on any atom is -0.484 e. The molecular formula is C13H12N4O4S. The van der Waals surface area contributed by atoms with Crippen LogP contribution in [0, 0.1) is 10.1 Å². The highest BCUT2D eigenvalue weighted by atomic mass is 32.1. The van der Waals surface area contributed by atoms with E-state index in [4.69, 9.17) is 4.74 Å². The van der Waals surface area contributed by atoms with Crippen LogP contribution in [-0.4, -0.2) is 27.6 Å². The number of rotatable bonds is 6. The molecule has 1 aromatic heterocycles. The molecule has 2 aromatic rings. The van der Waals surface area contributed by atoms with E-state index in [1.807, 2.05) is 0 Å². The standard InChI is InChI=1S/C13H12N4O4S/c18-11(14-13-16-15-12(22-13)8-1-2-8)7-21-10-5-3-9(4-6-10)17(19)20/h3-6,8H,1-2,7H2,(H,14,16,18). The molecule has 0 aliphatic heterocycles. The zero-order chi connectivity index (χ0) is 15.5. The van der Waals surface area contributed by atoms with Crippen molar-refractivity contribution in [1.29, 1.82) is 0 Å². The van der Waals surface area contributed by atoms with E-state index in [0.29, 0.717) is 16.8 Å². The first-order chi connectivity index (χ1) is 10.6. The average molecular weight is 320 g/mol. The Morgan fingerprint density at radius 3 is 2.73 bits per heavy atom. The van der Waals surface area contributed by atoms with Gasteiger partial charge in [-0.1, -0.05) is 11.3 Å². The number of benzene rings is 1. The fraction of sp³-hybridized carbons (Fsp3) is 0.308. The second-order valence-electron chi connectivity index (χ2n) is 4.81. The number of nitrogens with zero attached hydrogens (tertiary/aromatic N) is 3. The number of ether oxygens (including phenoxy) is 1. The van der Waals surface area contributed by atoms with Gasteiger partial charge in [0.25, 0.3) is 11.6 Å². The number of aromatic nitrogens is 2. The largest absolute Gasteiger partial charge is 0.484 e. The highest BCUT2D eigenvalue weighted by molar-refractivity contribution is 7.15. The third-order valence-electron chi connectivity index (χ3n) is 3.03. The van der Waals surface area contributed by atoms with E-state index < -0.39 is 4.92 Å². The lowest BCUT2D eigenvalue weighted by atomic mass is 10.3. The minimum absolute atomic E-state index is 0.0294. The first-order valence-electron chi connectivity index (χ1n) is 6.62. The molecule has 1 saturated carbocycles. The minimum atomic E-state index is -0.497. The second-order valence-corrected chi connectivity index (χ2v) is 5.82. The summed E-state index contributed by atoms with van der Waals surface area (Å²) in [5, 5.41) is 22.5. The molecule has 1 amide bonds. The number of carbonyl (C=O) groups is 1. The predicted molar refractivity (Wildman–Crippen MR) is 79.1 cm³/mol. The molecule has 1 heterocycles. The van der Waals surface area contributed by atoms with Crippen LogP contribution in [0.15, 0.2) is 24.3 Å². The molecule has 0 spiro atoms. The molecule has 8 nitrogen and oxygen atoms in total. The highest BCUT2D eigenvalue weighted by Gasteiger charge is 2.27. The van der Waals surface area contributed by atoms with Crippen LogP contribution >= 0.6 is 11.3 Å². The van der Waals surface area contributed by atoms with E-state index in [2.05, 4.69) is 15.5 Å². The molecule has 1 aliphatic rings. The maximum absolute atomic E-state index is 11.8. The number of hydrogen-bond acceptors (Lipinski definition) is 7. The third-order valence-corrected chi connectivity index (χ3v) is 4.03. The molecule has 9 heteroatoms. The van der Waals surface area contributed by atoms with Crippen molar-refractivity contribution in [2.45, 2.75) is 18.8 Å². The van der Waals surface area contributed by atoms with Crippen molar-refractivity contribution in [3.63, 3.8) is 0 Å². The highest BCUT2D eigenvalue weighted by Crippen LogP contribution is 2.41. The van der Waals surface area contributed by atoms with Crippen LogP contribution in [0.5, 0.6) is 5.75 Å². The first kappa shape index (κ1) is 14.4. The SMILES string of the molecule is O=C(COc1ccc([N+](=O)[O-])cc1)Nc1nnc(C2CC2)s1. The fourth-order valence-corrected chi connectivity index (χ4v) is 2.68. The quantitative estimate of drug-likeness (QED) is 0.646. The fourth-order valence-electron chi connectivity index (χ4n) is 1.75. The lowest BCUT2D eigenvalue weighted by Gasteiger charge is -2.05. The average Bonchev–Trinajstić information content (AvgIpc) is 3.26. The number of nitro benzene ring substituents is 1. The van der Waals surface area contributed by atoms with E-state index >= 15 is 0 Å². The normalized spacial score (nSPS) is 13.6. The number of nitrogens with one attached hydrogen (secondary N) is 1. The van der Waals surface area contributed by atoms with E-state index in [1.165, 1.54) is 35.6 Å². The molecule has 0 saturated heterocycles. The predicted octanol–water partition coefficient (Wildman–Crippen LogP) is 2.34. The summed E-state index contributed by atoms with van der Waals surface area (Å²) < 4.78 is 5.26. The molecule has 1 aliphatic carbocycles. The van der Waals surface area contributed by atoms with Crippen molar-refractivity contribution < 1.29 is 14.5 Å². The van der Waals surface area contributed by atoms with Crippen molar-refractivity contribution in [3.05, 3.63) is 39.4 Å². The van der Waals surface area contributed by atoms with Gasteiger partial charge in [-0.05, 0) is 25.0 Å². The monoisotopic (exact) mass is 320 g/mol. The van der Waals surface area contributed by atoms with Gasteiger partial charge in [0.15, 0.2) is 6.61 Å². The van der Waals surface area contributed by atoms with Gasteiger partial charge in [-0.2, -0.15) is 0 Å². The number of non-ortho nitro benzene ring substituents is 1. The van der Waals surface area contributed by atoms with E-state index in [9.17, 15) is 14.9 Å².